The predicted molar refractivity (Wildman–Crippen MR) is 114 cm³/mol. The van der Waals surface area contributed by atoms with Crippen LogP contribution < -0.4 is 5.32 Å². The van der Waals surface area contributed by atoms with E-state index in [2.05, 4.69) is 70.9 Å². The average molecular weight is 391 g/mol. The number of likely N-dealkylation sites (tertiary alicyclic amines) is 1. The van der Waals surface area contributed by atoms with Crippen LogP contribution in [0.3, 0.4) is 0 Å². The van der Waals surface area contributed by atoms with Crippen molar-refractivity contribution < 1.29 is 9.53 Å². The van der Waals surface area contributed by atoms with Gasteiger partial charge < -0.3 is 15.0 Å². The molecular weight excluding hydrogens is 360 g/mol. The van der Waals surface area contributed by atoms with Crippen LogP contribution in [0.4, 0.5) is 0 Å². The Balaban J connectivity index is 1.27. The lowest BCUT2D eigenvalue weighted by Crippen LogP contribution is -2.51. The molecule has 2 aromatic rings. The molecule has 1 atom stereocenters. The van der Waals surface area contributed by atoms with Crippen molar-refractivity contribution in [1.29, 1.82) is 0 Å². The zero-order valence-electron chi connectivity index (χ0n) is 17.0. The Hall–Kier alpha value is -2.17. The summed E-state index contributed by atoms with van der Waals surface area (Å²) in [5.41, 5.74) is 2.89. The lowest BCUT2D eigenvalue weighted by molar-refractivity contribution is -0.120. The molecule has 0 radical (unpaired) electrons. The van der Waals surface area contributed by atoms with Crippen molar-refractivity contribution in [1.82, 2.24) is 10.2 Å². The summed E-state index contributed by atoms with van der Waals surface area (Å²) < 4.78 is 6.14. The van der Waals surface area contributed by atoms with Crippen molar-refractivity contribution in [2.24, 2.45) is 5.92 Å². The number of rotatable bonds is 4. The molecule has 1 aliphatic carbocycles. The largest absolute Gasteiger partial charge is 0.373 e. The number of benzene rings is 2. The molecule has 2 heterocycles. The Kier molecular flexibility index (Phi) is 4.92. The highest BCUT2D eigenvalue weighted by Crippen LogP contribution is 2.59. The summed E-state index contributed by atoms with van der Waals surface area (Å²) in [6.45, 7) is 4.45. The highest BCUT2D eigenvalue weighted by atomic mass is 16.5. The van der Waals surface area contributed by atoms with E-state index < -0.39 is 0 Å². The van der Waals surface area contributed by atoms with E-state index >= 15 is 0 Å². The molecule has 5 rings (SSSR count). The van der Waals surface area contributed by atoms with Crippen LogP contribution in [0.1, 0.15) is 36.8 Å². The Morgan fingerprint density at radius 2 is 1.59 bits per heavy atom. The minimum absolute atomic E-state index is 0.123. The van der Waals surface area contributed by atoms with Crippen molar-refractivity contribution in [3.05, 3.63) is 71.8 Å². The molecule has 2 aromatic carbocycles. The maximum atomic E-state index is 11.7. The van der Waals surface area contributed by atoms with E-state index in [1.165, 1.54) is 17.5 Å². The van der Waals surface area contributed by atoms with Gasteiger partial charge in [-0.2, -0.15) is 0 Å². The van der Waals surface area contributed by atoms with Gasteiger partial charge in [0.1, 0.15) is 0 Å². The number of ether oxygens (including phenoxy) is 1. The second-order valence-corrected chi connectivity index (χ2v) is 8.96. The van der Waals surface area contributed by atoms with Gasteiger partial charge in [-0.1, -0.05) is 60.7 Å². The van der Waals surface area contributed by atoms with Gasteiger partial charge in [-0.15, -0.1) is 0 Å². The lowest BCUT2D eigenvalue weighted by Gasteiger charge is -2.41. The van der Waals surface area contributed by atoms with Crippen LogP contribution in [0.5, 0.6) is 0 Å². The van der Waals surface area contributed by atoms with Crippen LogP contribution in [-0.4, -0.2) is 49.2 Å². The van der Waals surface area contributed by atoms with E-state index in [0.717, 1.165) is 32.5 Å². The summed E-state index contributed by atoms with van der Waals surface area (Å²) in [4.78, 5) is 14.3. The summed E-state index contributed by atoms with van der Waals surface area (Å²) in [5.74, 6) is 0.772. The molecular formula is C25H30N2O2. The molecule has 0 bridgehead atoms. The molecule has 2 aliphatic heterocycles. The van der Waals surface area contributed by atoms with Crippen molar-refractivity contribution in [2.45, 2.75) is 36.7 Å². The number of carbonyl (C=O) groups is 1. The SMILES string of the molecule is O=C1CCOC2(CCN(CC3CC3(c3ccccc3)c3ccccc3)CC2)CN1. The van der Waals surface area contributed by atoms with Crippen LogP contribution in [0.2, 0.25) is 0 Å². The molecule has 1 N–H and O–H groups in total. The Morgan fingerprint density at radius 1 is 0.966 bits per heavy atom. The molecule has 152 valence electrons. The van der Waals surface area contributed by atoms with Gasteiger partial charge in [-0.3, -0.25) is 4.79 Å². The topological polar surface area (TPSA) is 41.6 Å². The van der Waals surface area contributed by atoms with Gasteiger partial charge in [-0.25, -0.2) is 0 Å². The van der Waals surface area contributed by atoms with Gasteiger partial charge in [0.25, 0.3) is 0 Å². The highest BCUT2D eigenvalue weighted by molar-refractivity contribution is 5.76. The summed E-state index contributed by atoms with van der Waals surface area (Å²) in [6, 6.07) is 22.0. The average Bonchev–Trinajstić information content (AvgIpc) is 3.52. The molecule has 1 saturated carbocycles. The zero-order valence-corrected chi connectivity index (χ0v) is 17.0. The zero-order chi connectivity index (χ0) is 19.7. The molecule has 1 amide bonds. The van der Waals surface area contributed by atoms with E-state index in [9.17, 15) is 4.79 Å². The standard InChI is InChI=1S/C25H30N2O2/c28-23-11-16-29-24(19-26-23)12-14-27(15-13-24)18-22-17-25(22,20-7-3-1-4-8-20)21-9-5-2-6-10-21/h1-10,22H,11-19H2,(H,26,28). The molecule has 4 nitrogen and oxygen atoms in total. The quantitative estimate of drug-likeness (QED) is 0.870. The van der Waals surface area contributed by atoms with Crippen LogP contribution in [0.15, 0.2) is 60.7 Å². The Morgan fingerprint density at radius 3 is 2.21 bits per heavy atom. The van der Waals surface area contributed by atoms with Gasteiger partial charge >= 0.3 is 0 Å². The van der Waals surface area contributed by atoms with Gasteiger partial charge in [0, 0.05) is 38.0 Å². The first-order valence-electron chi connectivity index (χ1n) is 10.9. The molecule has 1 unspecified atom stereocenters. The van der Waals surface area contributed by atoms with Gasteiger partial charge in [-0.05, 0) is 36.3 Å². The van der Waals surface area contributed by atoms with Gasteiger partial charge in [0.15, 0.2) is 0 Å². The molecule has 3 aliphatic rings. The monoisotopic (exact) mass is 390 g/mol. The van der Waals surface area contributed by atoms with Crippen molar-refractivity contribution in [2.75, 3.05) is 32.8 Å². The maximum Gasteiger partial charge on any atom is 0.222 e. The fourth-order valence-electron chi connectivity index (χ4n) is 5.43. The van der Waals surface area contributed by atoms with E-state index in [0.29, 0.717) is 25.5 Å². The Bertz CT molecular complexity index is 804. The van der Waals surface area contributed by atoms with Crippen molar-refractivity contribution in [3.63, 3.8) is 0 Å². The summed E-state index contributed by atoms with van der Waals surface area (Å²) >= 11 is 0. The van der Waals surface area contributed by atoms with E-state index in [1.807, 2.05) is 0 Å². The van der Waals surface area contributed by atoms with E-state index in [-0.39, 0.29) is 16.9 Å². The molecule has 4 heteroatoms. The van der Waals surface area contributed by atoms with E-state index in [1.54, 1.807) is 0 Å². The van der Waals surface area contributed by atoms with Crippen LogP contribution in [0.25, 0.3) is 0 Å². The first-order chi connectivity index (χ1) is 14.2. The molecule has 2 saturated heterocycles. The number of hydrogen-bond acceptors (Lipinski definition) is 3. The predicted octanol–water partition coefficient (Wildman–Crippen LogP) is 3.36. The molecule has 3 fully saturated rings. The normalized spacial score (nSPS) is 25.9. The third-order valence-electron chi connectivity index (χ3n) is 7.27. The Labute approximate surface area is 173 Å². The first kappa shape index (κ1) is 18.8. The number of hydrogen-bond donors (Lipinski definition) is 1. The summed E-state index contributed by atoms with van der Waals surface area (Å²) in [7, 11) is 0. The fourth-order valence-corrected chi connectivity index (χ4v) is 5.43. The minimum Gasteiger partial charge on any atom is -0.373 e. The third kappa shape index (κ3) is 3.60. The smallest absolute Gasteiger partial charge is 0.222 e. The van der Waals surface area contributed by atoms with Crippen LogP contribution >= 0.6 is 0 Å². The maximum absolute atomic E-state index is 11.7. The molecule has 1 spiro atoms. The van der Waals surface area contributed by atoms with Gasteiger partial charge in [0.05, 0.1) is 12.2 Å². The lowest BCUT2D eigenvalue weighted by atomic mass is 9.85. The number of piperidine rings is 1. The number of amides is 1. The second kappa shape index (κ2) is 7.58. The highest BCUT2D eigenvalue weighted by Gasteiger charge is 2.56. The summed E-state index contributed by atoms with van der Waals surface area (Å²) in [5, 5.41) is 3.05. The number of carbonyl (C=O) groups excluding carboxylic acids is 1. The van der Waals surface area contributed by atoms with E-state index in [4.69, 9.17) is 4.74 Å². The third-order valence-corrected chi connectivity index (χ3v) is 7.27. The van der Waals surface area contributed by atoms with Gasteiger partial charge in [0.2, 0.25) is 5.91 Å². The van der Waals surface area contributed by atoms with Crippen LogP contribution in [0, 0.1) is 5.92 Å². The fraction of sp³-hybridized carbons (Fsp3) is 0.480. The molecule has 0 aromatic heterocycles. The van der Waals surface area contributed by atoms with Crippen LogP contribution in [-0.2, 0) is 14.9 Å². The second-order valence-electron chi connectivity index (χ2n) is 8.96. The van der Waals surface area contributed by atoms with Crippen molar-refractivity contribution in [3.8, 4) is 0 Å². The number of nitrogens with zero attached hydrogens (tertiary/aromatic N) is 1. The molecule has 29 heavy (non-hydrogen) atoms. The summed E-state index contributed by atoms with van der Waals surface area (Å²) in [6.07, 6.45) is 3.72. The first-order valence-corrected chi connectivity index (χ1v) is 10.9. The minimum atomic E-state index is -0.151. The number of nitrogens with one attached hydrogen (secondary N) is 1. The van der Waals surface area contributed by atoms with Crippen molar-refractivity contribution >= 4 is 5.91 Å².